The molecule has 0 saturated carbocycles. The minimum atomic E-state index is -0.954. The van der Waals surface area contributed by atoms with Gasteiger partial charge in [-0.05, 0) is 37.6 Å². The van der Waals surface area contributed by atoms with Crippen molar-refractivity contribution in [1.82, 2.24) is 0 Å². The van der Waals surface area contributed by atoms with Crippen molar-refractivity contribution in [2.24, 2.45) is 4.99 Å². The SMILES string of the molecule is CC[C@@]1(C(=O)OC)N=C(c2ccc(OC)cc2)O[C@@H]1C. The van der Waals surface area contributed by atoms with Crippen molar-refractivity contribution in [1.29, 1.82) is 0 Å². The quantitative estimate of drug-likeness (QED) is 0.792. The first-order chi connectivity index (χ1) is 9.57. The molecule has 0 radical (unpaired) electrons. The Morgan fingerprint density at radius 2 is 2.00 bits per heavy atom. The van der Waals surface area contributed by atoms with Crippen LogP contribution in [-0.2, 0) is 14.3 Å². The third-order valence-electron chi connectivity index (χ3n) is 3.68. The van der Waals surface area contributed by atoms with Crippen LogP contribution in [0.3, 0.4) is 0 Å². The highest BCUT2D eigenvalue weighted by atomic mass is 16.5. The maximum atomic E-state index is 12.0. The van der Waals surface area contributed by atoms with Gasteiger partial charge in [-0.1, -0.05) is 6.92 Å². The van der Waals surface area contributed by atoms with Gasteiger partial charge in [0.1, 0.15) is 11.9 Å². The molecule has 0 spiro atoms. The van der Waals surface area contributed by atoms with Gasteiger partial charge in [0.05, 0.1) is 14.2 Å². The smallest absolute Gasteiger partial charge is 0.337 e. The molecule has 2 rings (SSSR count). The Morgan fingerprint density at radius 1 is 1.35 bits per heavy atom. The summed E-state index contributed by atoms with van der Waals surface area (Å²) in [5, 5.41) is 0. The molecule has 108 valence electrons. The lowest BCUT2D eigenvalue weighted by Crippen LogP contribution is -2.44. The summed E-state index contributed by atoms with van der Waals surface area (Å²) >= 11 is 0. The topological polar surface area (TPSA) is 57.1 Å². The van der Waals surface area contributed by atoms with E-state index in [1.807, 2.05) is 38.1 Å². The first-order valence-electron chi connectivity index (χ1n) is 6.56. The first kappa shape index (κ1) is 14.4. The zero-order chi connectivity index (χ0) is 14.8. The van der Waals surface area contributed by atoms with Crippen LogP contribution in [0.4, 0.5) is 0 Å². The number of carbonyl (C=O) groups excluding carboxylic acids is 1. The maximum Gasteiger partial charge on any atom is 0.337 e. The molecular formula is C15H19NO4. The van der Waals surface area contributed by atoms with Gasteiger partial charge in [0, 0.05) is 5.56 Å². The van der Waals surface area contributed by atoms with Crippen LogP contribution < -0.4 is 4.74 Å². The fraction of sp³-hybridized carbons (Fsp3) is 0.467. The second-order valence-corrected chi connectivity index (χ2v) is 4.67. The van der Waals surface area contributed by atoms with E-state index in [-0.39, 0.29) is 12.1 Å². The van der Waals surface area contributed by atoms with Crippen molar-refractivity contribution >= 4 is 11.9 Å². The summed E-state index contributed by atoms with van der Waals surface area (Å²) in [6.07, 6.45) is 0.178. The van der Waals surface area contributed by atoms with Gasteiger partial charge in [-0.2, -0.15) is 0 Å². The monoisotopic (exact) mass is 277 g/mol. The van der Waals surface area contributed by atoms with E-state index in [0.717, 1.165) is 11.3 Å². The summed E-state index contributed by atoms with van der Waals surface area (Å²) in [4.78, 5) is 16.5. The largest absolute Gasteiger partial charge is 0.497 e. The molecule has 1 heterocycles. The molecule has 1 aliphatic rings. The predicted molar refractivity (Wildman–Crippen MR) is 75.1 cm³/mol. The Labute approximate surface area is 118 Å². The van der Waals surface area contributed by atoms with Gasteiger partial charge in [-0.15, -0.1) is 0 Å². The Kier molecular flexibility index (Phi) is 3.97. The molecule has 0 amide bonds. The molecule has 0 saturated heterocycles. The van der Waals surface area contributed by atoms with E-state index in [1.165, 1.54) is 7.11 Å². The summed E-state index contributed by atoms with van der Waals surface area (Å²) < 4.78 is 15.7. The van der Waals surface area contributed by atoms with Crippen LogP contribution in [0.5, 0.6) is 5.75 Å². The van der Waals surface area contributed by atoms with Gasteiger partial charge in [0.15, 0.2) is 5.54 Å². The van der Waals surface area contributed by atoms with Gasteiger partial charge < -0.3 is 14.2 Å². The zero-order valence-corrected chi connectivity index (χ0v) is 12.2. The average molecular weight is 277 g/mol. The van der Waals surface area contributed by atoms with Crippen LogP contribution in [-0.4, -0.2) is 37.7 Å². The van der Waals surface area contributed by atoms with E-state index in [0.29, 0.717) is 12.3 Å². The molecule has 2 atom stereocenters. The summed E-state index contributed by atoms with van der Waals surface area (Å²) in [6, 6.07) is 7.37. The molecule has 0 N–H and O–H groups in total. The number of hydrogen-bond donors (Lipinski definition) is 0. The van der Waals surface area contributed by atoms with Gasteiger partial charge in [-0.3, -0.25) is 0 Å². The molecule has 0 aromatic heterocycles. The molecule has 1 aromatic rings. The lowest BCUT2D eigenvalue weighted by atomic mass is 9.92. The second-order valence-electron chi connectivity index (χ2n) is 4.67. The first-order valence-corrected chi connectivity index (χ1v) is 6.56. The summed E-state index contributed by atoms with van der Waals surface area (Å²) in [5.74, 6) is 0.860. The fourth-order valence-corrected chi connectivity index (χ4v) is 2.33. The number of nitrogens with zero attached hydrogens (tertiary/aromatic N) is 1. The minimum Gasteiger partial charge on any atom is -0.497 e. The van der Waals surface area contributed by atoms with E-state index in [2.05, 4.69) is 4.99 Å². The molecule has 1 aromatic carbocycles. The van der Waals surface area contributed by atoms with E-state index in [4.69, 9.17) is 14.2 Å². The minimum absolute atomic E-state index is 0.350. The van der Waals surface area contributed by atoms with Crippen LogP contribution in [0.2, 0.25) is 0 Å². The molecule has 0 bridgehead atoms. The van der Waals surface area contributed by atoms with Gasteiger partial charge in [-0.25, -0.2) is 9.79 Å². The van der Waals surface area contributed by atoms with E-state index < -0.39 is 5.54 Å². The number of ether oxygens (including phenoxy) is 3. The van der Waals surface area contributed by atoms with Crippen molar-refractivity contribution < 1.29 is 19.0 Å². The normalized spacial score (nSPS) is 24.8. The van der Waals surface area contributed by atoms with E-state index >= 15 is 0 Å². The molecule has 0 unspecified atom stereocenters. The average Bonchev–Trinajstić information content (AvgIpc) is 2.84. The van der Waals surface area contributed by atoms with Gasteiger partial charge >= 0.3 is 5.97 Å². The van der Waals surface area contributed by atoms with Crippen molar-refractivity contribution in [3.05, 3.63) is 29.8 Å². The third kappa shape index (κ3) is 2.24. The molecule has 0 aliphatic carbocycles. The standard InChI is InChI=1S/C15H19NO4/c1-5-15(14(17)19-4)10(2)20-13(16-15)11-6-8-12(18-3)9-7-11/h6-10H,5H2,1-4H3/t10-,15-/m1/s1. The van der Waals surface area contributed by atoms with E-state index in [1.54, 1.807) is 7.11 Å². The molecular weight excluding hydrogens is 258 g/mol. The van der Waals surface area contributed by atoms with Crippen LogP contribution >= 0.6 is 0 Å². The van der Waals surface area contributed by atoms with Crippen molar-refractivity contribution in [3.63, 3.8) is 0 Å². The lowest BCUT2D eigenvalue weighted by Gasteiger charge is -2.24. The lowest BCUT2D eigenvalue weighted by molar-refractivity contribution is -0.149. The number of methoxy groups -OCH3 is 2. The number of carbonyl (C=O) groups is 1. The van der Waals surface area contributed by atoms with Gasteiger partial charge in [0.25, 0.3) is 0 Å². The van der Waals surface area contributed by atoms with E-state index in [9.17, 15) is 4.79 Å². The van der Waals surface area contributed by atoms with Crippen molar-refractivity contribution in [2.75, 3.05) is 14.2 Å². The third-order valence-corrected chi connectivity index (χ3v) is 3.68. The Bertz CT molecular complexity index is 523. The van der Waals surface area contributed by atoms with Crippen LogP contribution in [0.1, 0.15) is 25.8 Å². The molecule has 5 nitrogen and oxygen atoms in total. The van der Waals surface area contributed by atoms with Crippen LogP contribution in [0.25, 0.3) is 0 Å². The van der Waals surface area contributed by atoms with Crippen LogP contribution in [0.15, 0.2) is 29.3 Å². The fourth-order valence-electron chi connectivity index (χ4n) is 2.33. The number of esters is 1. The maximum absolute atomic E-state index is 12.0. The molecule has 20 heavy (non-hydrogen) atoms. The Hall–Kier alpha value is -2.04. The Morgan fingerprint density at radius 3 is 2.50 bits per heavy atom. The van der Waals surface area contributed by atoms with Gasteiger partial charge in [0.2, 0.25) is 5.90 Å². The van der Waals surface area contributed by atoms with Crippen molar-refractivity contribution in [3.8, 4) is 5.75 Å². The predicted octanol–water partition coefficient (Wildman–Crippen LogP) is 2.18. The number of rotatable bonds is 4. The second kappa shape index (κ2) is 5.53. The number of aliphatic imine (C=N–C) groups is 1. The molecule has 5 heteroatoms. The van der Waals surface area contributed by atoms with Crippen LogP contribution in [0, 0.1) is 0 Å². The Balaban J connectivity index is 2.35. The molecule has 0 fully saturated rings. The zero-order valence-electron chi connectivity index (χ0n) is 12.2. The highest BCUT2D eigenvalue weighted by Gasteiger charge is 2.49. The number of hydrogen-bond acceptors (Lipinski definition) is 5. The number of benzene rings is 1. The summed E-state index contributed by atoms with van der Waals surface area (Å²) in [7, 11) is 2.98. The summed E-state index contributed by atoms with van der Waals surface area (Å²) in [5.41, 5.74) is -0.138. The highest BCUT2D eigenvalue weighted by Crippen LogP contribution is 2.32. The molecule has 1 aliphatic heterocycles. The highest BCUT2D eigenvalue weighted by molar-refractivity contribution is 5.99. The summed E-state index contributed by atoms with van der Waals surface area (Å²) in [6.45, 7) is 3.73. The van der Waals surface area contributed by atoms with Crippen molar-refractivity contribution in [2.45, 2.75) is 31.9 Å².